The third kappa shape index (κ3) is 3.71. The van der Waals surface area contributed by atoms with Crippen LogP contribution in [0, 0.1) is 0 Å². The molecular formula is C24H28F2N4O2S. The van der Waals surface area contributed by atoms with E-state index >= 15 is 0 Å². The Morgan fingerprint density at radius 3 is 2.52 bits per heavy atom. The lowest BCUT2D eigenvalue weighted by Gasteiger charge is -2.37. The highest BCUT2D eigenvalue weighted by molar-refractivity contribution is 7.90. The normalized spacial score (nSPS) is 18.2. The van der Waals surface area contributed by atoms with Gasteiger partial charge in [0.1, 0.15) is 0 Å². The number of aromatic nitrogens is 2. The van der Waals surface area contributed by atoms with Gasteiger partial charge in [-0.1, -0.05) is 37.6 Å². The van der Waals surface area contributed by atoms with Crippen LogP contribution in [0.3, 0.4) is 0 Å². The highest BCUT2D eigenvalue weighted by Crippen LogP contribution is 2.47. The molecular weight excluding hydrogens is 446 g/mol. The molecule has 0 amide bonds. The van der Waals surface area contributed by atoms with Crippen molar-refractivity contribution in [1.82, 2.24) is 14.5 Å². The highest BCUT2D eigenvalue weighted by atomic mass is 32.2. The fourth-order valence-corrected chi connectivity index (χ4v) is 6.10. The Bertz CT molecular complexity index is 1290. The molecule has 2 heterocycles. The minimum Gasteiger partial charge on any atom is -0.346 e. The molecule has 1 aromatic heterocycles. The van der Waals surface area contributed by atoms with Crippen LogP contribution in [0.2, 0.25) is 0 Å². The van der Waals surface area contributed by atoms with Crippen LogP contribution in [0.5, 0.6) is 0 Å². The molecule has 5 rings (SSSR count). The first-order chi connectivity index (χ1) is 15.7. The SMILES string of the molecule is CCCc1cccc2c1c(N1CCNCC13CC3)nn2S(=O)(=O)c1ccc(C(C)(F)F)cc1. The summed E-state index contributed by atoms with van der Waals surface area (Å²) in [5, 5.41) is 9.01. The van der Waals surface area contributed by atoms with E-state index in [4.69, 9.17) is 0 Å². The van der Waals surface area contributed by atoms with Crippen molar-refractivity contribution in [2.45, 2.75) is 55.9 Å². The third-order valence-electron chi connectivity index (χ3n) is 6.77. The van der Waals surface area contributed by atoms with Crippen LogP contribution < -0.4 is 10.2 Å². The number of alkyl halides is 2. The predicted octanol–water partition coefficient (Wildman–Crippen LogP) is 4.28. The molecule has 0 atom stereocenters. The molecule has 2 aromatic carbocycles. The summed E-state index contributed by atoms with van der Waals surface area (Å²) in [7, 11) is -4.08. The van der Waals surface area contributed by atoms with E-state index in [1.165, 1.54) is 12.1 Å². The maximum atomic E-state index is 13.6. The van der Waals surface area contributed by atoms with Crippen molar-refractivity contribution in [3.63, 3.8) is 0 Å². The van der Waals surface area contributed by atoms with Gasteiger partial charge >= 0.3 is 0 Å². The molecule has 1 aliphatic carbocycles. The second-order valence-electron chi connectivity index (χ2n) is 9.20. The van der Waals surface area contributed by atoms with Crippen LogP contribution in [0.15, 0.2) is 47.4 Å². The summed E-state index contributed by atoms with van der Waals surface area (Å²) in [4.78, 5) is 2.21. The van der Waals surface area contributed by atoms with Crippen molar-refractivity contribution < 1.29 is 17.2 Å². The summed E-state index contributed by atoms with van der Waals surface area (Å²) in [6.45, 7) is 5.31. The van der Waals surface area contributed by atoms with Gasteiger partial charge in [-0.2, -0.15) is 12.5 Å². The largest absolute Gasteiger partial charge is 0.346 e. The molecule has 6 nitrogen and oxygen atoms in total. The van der Waals surface area contributed by atoms with Gasteiger partial charge in [-0.05, 0) is 43.0 Å². The van der Waals surface area contributed by atoms with Crippen molar-refractivity contribution in [1.29, 1.82) is 0 Å². The van der Waals surface area contributed by atoms with Crippen molar-refractivity contribution in [2.75, 3.05) is 24.5 Å². The van der Waals surface area contributed by atoms with Crippen LogP contribution in [-0.2, 0) is 22.4 Å². The van der Waals surface area contributed by atoms with Gasteiger partial charge in [-0.15, -0.1) is 5.10 Å². The molecule has 0 radical (unpaired) electrons. The number of hydrogen-bond donors (Lipinski definition) is 1. The molecule has 2 fully saturated rings. The molecule has 1 spiro atoms. The number of halogens is 2. The highest BCUT2D eigenvalue weighted by Gasteiger charge is 2.50. The summed E-state index contributed by atoms with van der Waals surface area (Å²) in [5.74, 6) is -2.34. The molecule has 1 saturated heterocycles. The molecule has 1 aliphatic heterocycles. The Morgan fingerprint density at radius 1 is 1.15 bits per heavy atom. The summed E-state index contributed by atoms with van der Waals surface area (Å²) >= 11 is 0. The number of fused-ring (bicyclic) bond motifs is 1. The molecule has 33 heavy (non-hydrogen) atoms. The Kier molecular flexibility index (Phi) is 5.25. The average molecular weight is 475 g/mol. The summed E-state index contributed by atoms with van der Waals surface area (Å²) in [6, 6.07) is 10.5. The maximum absolute atomic E-state index is 13.6. The lowest BCUT2D eigenvalue weighted by atomic mass is 10.0. The number of benzene rings is 2. The molecule has 2 aliphatic rings. The fraction of sp³-hybridized carbons (Fsp3) is 0.458. The standard InChI is InChI=1S/C24H28F2N4O2S/c1-3-5-17-6-4-7-20-21(17)22(29-15-14-27-16-24(29)12-13-24)28-30(20)33(31,32)19-10-8-18(9-11-19)23(2,25)26/h4,6-11,27H,3,5,12-16H2,1-2H3. The minimum absolute atomic E-state index is 0.0121. The van der Waals surface area contributed by atoms with E-state index in [2.05, 4.69) is 22.2 Å². The van der Waals surface area contributed by atoms with E-state index < -0.39 is 15.9 Å². The fourth-order valence-electron chi connectivity index (χ4n) is 4.83. The molecule has 1 N–H and O–H groups in total. The summed E-state index contributed by atoms with van der Waals surface area (Å²) < 4.78 is 55.6. The van der Waals surface area contributed by atoms with E-state index in [0.29, 0.717) is 11.3 Å². The van der Waals surface area contributed by atoms with Crippen LogP contribution >= 0.6 is 0 Å². The van der Waals surface area contributed by atoms with E-state index in [1.807, 2.05) is 12.1 Å². The smallest absolute Gasteiger partial charge is 0.283 e. The molecule has 176 valence electrons. The van der Waals surface area contributed by atoms with Gasteiger partial charge in [0.05, 0.1) is 16.0 Å². The van der Waals surface area contributed by atoms with Crippen molar-refractivity contribution >= 4 is 26.7 Å². The number of nitrogens with one attached hydrogen (secondary N) is 1. The molecule has 3 aromatic rings. The van der Waals surface area contributed by atoms with E-state index in [0.717, 1.165) is 79.4 Å². The van der Waals surface area contributed by atoms with E-state index in [1.54, 1.807) is 6.07 Å². The Balaban J connectivity index is 1.68. The summed E-state index contributed by atoms with van der Waals surface area (Å²) in [5.41, 5.74) is 1.35. The average Bonchev–Trinajstić information content (AvgIpc) is 3.42. The van der Waals surface area contributed by atoms with Gasteiger partial charge in [-0.25, -0.2) is 8.78 Å². The lowest BCUT2D eigenvalue weighted by Crippen LogP contribution is -2.53. The topological polar surface area (TPSA) is 67.2 Å². The first-order valence-electron chi connectivity index (χ1n) is 11.4. The van der Waals surface area contributed by atoms with Crippen molar-refractivity contribution in [3.05, 3.63) is 53.6 Å². The first kappa shape index (κ1) is 22.3. The number of aryl methyl sites for hydroxylation is 1. The molecule has 9 heteroatoms. The van der Waals surface area contributed by atoms with Crippen molar-refractivity contribution in [3.8, 4) is 0 Å². The molecule has 0 bridgehead atoms. The number of hydrogen-bond acceptors (Lipinski definition) is 5. The zero-order valence-electron chi connectivity index (χ0n) is 18.8. The Labute approximate surface area is 192 Å². The van der Waals surface area contributed by atoms with Gasteiger partial charge in [-0.3, -0.25) is 0 Å². The maximum Gasteiger partial charge on any atom is 0.283 e. The quantitative estimate of drug-likeness (QED) is 0.578. The zero-order chi connectivity index (χ0) is 23.4. The first-order valence-corrected chi connectivity index (χ1v) is 12.8. The second kappa shape index (κ2) is 7.77. The monoisotopic (exact) mass is 474 g/mol. The molecule has 1 saturated carbocycles. The van der Waals surface area contributed by atoms with Gasteiger partial charge in [0.15, 0.2) is 5.82 Å². The minimum atomic E-state index is -4.08. The molecule has 0 unspecified atom stereocenters. The Hall–Kier alpha value is -2.52. The van der Waals surface area contributed by atoms with E-state index in [9.17, 15) is 17.2 Å². The second-order valence-corrected chi connectivity index (χ2v) is 11.0. The van der Waals surface area contributed by atoms with Gasteiger partial charge < -0.3 is 10.2 Å². The number of rotatable bonds is 6. The van der Waals surface area contributed by atoms with Crippen molar-refractivity contribution in [2.24, 2.45) is 0 Å². The lowest BCUT2D eigenvalue weighted by molar-refractivity contribution is 0.0174. The van der Waals surface area contributed by atoms with E-state index in [-0.39, 0.29) is 16.0 Å². The van der Waals surface area contributed by atoms with Gasteiger partial charge in [0.25, 0.3) is 15.9 Å². The van der Waals surface area contributed by atoms with Crippen LogP contribution in [0.25, 0.3) is 10.9 Å². The summed E-state index contributed by atoms with van der Waals surface area (Å²) in [6.07, 6.45) is 3.83. The van der Waals surface area contributed by atoms with Gasteiger partial charge in [0.2, 0.25) is 0 Å². The van der Waals surface area contributed by atoms with Gasteiger partial charge in [0, 0.05) is 37.5 Å². The van der Waals surface area contributed by atoms with Crippen LogP contribution in [0.4, 0.5) is 14.6 Å². The van der Waals surface area contributed by atoms with Crippen LogP contribution in [0.1, 0.15) is 44.2 Å². The number of anilines is 1. The number of nitrogens with zero attached hydrogens (tertiary/aromatic N) is 3. The zero-order valence-corrected chi connectivity index (χ0v) is 19.6. The predicted molar refractivity (Wildman–Crippen MR) is 125 cm³/mol. The Morgan fingerprint density at radius 2 is 1.88 bits per heavy atom. The number of piperazine rings is 1. The van der Waals surface area contributed by atoms with Crippen LogP contribution in [-0.4, -0.2) is 42.8 Å². The third-order valence-corrected chi connectivity index (χ3v) is 8.37.